The molecule has 0 aliphatic heterocycles. The van der Waals surface area contributed by atoms with E-state index >= 15 is 0 Å². The van der Waals surface area contributed by atoms with E-state index in [0.29, 0.717) is 5.69 Å². The Bertz CT molecular complexity index is 516. The van der Waals surface area contributed by atoms with Crippen molar-refractivity contribution in [2.45, 2.75) is 19.9 Å². The van der Waals surface area contributed by atoms with Crippen LogP contribution in [0.2, 0.25) is 0 Å². The maximum Gasteiger partial charge on any atom is 0.325 e. The van der Waals surface area contributed by atoms with Crippen LogP contribution < -0.4 is 16.0 Å². The molecule has 1 atom stereocenters. The second kappa shape index (κ2) is 7.13. The van der Waals surface area contributed by atoms with Crippen molar-refractivity contribution < 1.29 is 19.5 Å². The monoisotopic (exact) mass is 279 g/mol. The van der Waals surface area contributed by atoms with E-state index in [1.165, 1.54) is 6.92 Å². The minimum atomic E-state index is -1.14. The van der Waals surface area contributed by atoms with Gasteiger partial charge in [0.1, 0.15) is 6.04 Å². The molecule has 7 nitrogen and oxygen atoms in total. The number of hydrogen-bond acceptors (Lipinski definition) is 3. The van der Waals surface area contributed by atoms with Crippen LogP contribution in [-0.4, -0.2) is 35.6 Å². The first-order valence-corrected chi connectivity index (χ1v) is 6.02. The van der Waals surface area contributed by atoms with Gasteiger partial charge in [-0.3, -0.25) is 9.59 Å². The van der Waals surface area contributed by atoms with Crippen LogP contribution in [0.1, 0.15) is 12.5 Å². The number of carbonyl (C=O) groups is 3. The first-order valence-electron chi connectivity index (χ1n) is 6.02. The number of amides is 3. The molecule has 1 aromatic carbocycles. The van der Waals surface area contributed by atoms with Gasteiger partial charge in [-0.15, -0.1) is 0 Å². The van der Waals surface area contributed by atoms with Crippen molar-refractivity contribution in [3.63, 3.8) is 0 Å². The molecule has 7 heteroatoms. The van der Waals surface area contributed by atoms with Gasteiger partial charge in [0.05, 0.1) is 6.54 Å². The van der Waals surface area contributed by atoms with E-state index in [0.717, 1.165) is 5.56 Å². The Morgan fingerprint density at radius 3 is 2.60 bits per heavy atom. The van der Waals surface area contributed by atoms with Gasteiger partial charge in [-0.2, -0.15) is 0 Å². The van der Waals surface area contributed by atoms with E-state index in [-0.39, 0.29) is 6.54 Å². The van der Waals surface area contributed by atoms with Gasteiger partial charge in [0.2, 0.25) is 5.91 Å². The molecule has 1 aromatic rings. The van der Waals surface area contributed by atoms with Gasteiger partial charge in [0, 0.05) is 5.69 Å². The van der Waals surface area contributed by atoms with Crippen LogP contribution in [0.15, 0.2) is 24.3 Å². The summed E-state index contributed by atoms with van der Waals surface area (Å²) in [4.78, 5) is 33.4. The molecule has 0 heterocycles. The lowest BCUT2D eigenvalue weighted by molar-refractivity contribution is -0.141. The molecule has 0 aliphatic rings. The van der Waals surface area contributed by atoms with E-state index in [1.54, 1.807) is 18.2 Å². The third-order valence-electron chi connectivity index (χ3n) is 2.43. The Labute approximate surface area is 116 Å². The number of carboxylic acids is 1. The summed E-state index contributed by atoms with van der Waals surface area (Å²) >= 11 is 0. The zero-order valence-corrected chi connectivity index (χ0v) is 11.3. The lowest BCUT2D eigenvalue weighted by Gasteiger charge is -2.11. The Kier molecular flexibility index (Phi) is 5.52. The molecule has 4 N–H and O–H groups in total. The Morgan fingerprint density at radius 2 is 2.00 bits per heavy atom. The number of carbonyl (C=O) groups excluding carboxylic acids is 2. The quantitative estimate of drug-likeness (QED) is 0.636. The number of urea groups is 1. The standard InChI is InChI=1S/C13H17N3O4/c1-8-4-3-5-10(6-8)16-13(20)14-7-11(17)15-9(2)12(18)19/h3-6,9H,7H2,1-2H3,(H,15,17)(H,18,19)(H2,14,16,20). The summed E-state index contributed by atoms with van der Waals surface area (Å²) in [5.41, 5.74) is 1.61. The molecule has 1 rings (SSSR count). The second-order valence-electron chi connectivity index (χ2n) is 4.30. The number of aryl methyl sites for hydroxylation is 1. The predicted molar refractivity (Wildman–Crippen MR) is 73.4 cm³/mol. The molecule has 108 valence electrons. The maximum atomic E-state index is 11.5. The number of nitrogens with one attached hydrogen (secondary N) is 3. The van der Waals surface area contributed by atoms with Gasteiger partial charge < -0.3 is 21.1 Å². The second-order valence-corrected chi connectivity index (χ2v) is 4.30. The minimum absolute atomic E-state index is 0.296. The highest BCUT2D eigenvalue weighted by molar-refractivity contribution is 5.93. The van der Waals surface area contributed by atoms with Crippen molar-refractivity contribution in [1.29, 1.82) is 0 Å². The topological polar surface area (TPSA) is 108 Å². The highest BCUT2D eigenvalue weighted by Crippen LogP contribution is 2.08. The normalized spacial score (nSPS) is 11.3. The highest BCUT2D eigenvalue weighted by atomic mass is 16.4. The zero-order chi connectivity index (χ0) is 15.1. The van der Waals surface area contributed by atoms with Crippen LogP contribution in [-0.2, 0) is 9.59 Å². The third-order valence-corrected chi connectivity index (χ3v) is 2.43. The van der Waals surface area contributed by atoms with E-state index in [2.05, 4.69) is 16.0 Å². The van der Waals surface area contributed by atoms with Gasteiger partial charge in [0.25, 0.3) is 0 Å². The van der Waals surface area contributed by atoms with Crippen molar-refractivity contribution in [2.75, 3.05) is 11.9 Å². The van der Waals surface area contributed by atoms with Crippen LogP contribution in [0.4, 0.5) is 10.5 Å². The van der Waals surface area contributed by atoms with E-state index in [1.807, 2.05) is 13.0 Å². The smallest absolute Gasteiger partial charge is 0.325 e. The Balaban J connectivity index is 2.36. The summed E-state index contributed by atoms with van der Waals surface area (Å²) < 4.78 is 0. The molecule has 0 bridgehead atoms. The number of benzene rings is 1. The Hall–Kier alpha value is -2.57. The molecule has 0 fully saturated rings. The van der Waals surface area contributed by atoms with Crippen LogP contribution in [0, 0.1) is 6.92 Å². The lowest BCUT2D eigenvalue weighted by atomic mass is 10.2. The summed E-state index contributed by atoms with van der Waals surface area (Å²) in [6.07, 6.45) is 0. The van der Waals surface area contributed by atoms with Gasteiger partial charge >= 0.3 is 12.0 Å². The van der Waals surface area contributed by atoms with Crippen molar-refractivity contribution in [3.8, 4) is 0 Å². The molecule has 0 radical (unpaired) electrons. The largest absolute Gasteiger partial charge is 0.480 e. The van der Waals surface area contributed by atoms with Gasteiger partial charge in [-0.25, -0.2) is 4.79 Å². The van der Waals surface area contributed by atoms with E-state index in [9.17, 15) is 14.4 Å². The van der Waals surface area contributed by atoms with E-state index < -0.39 is 23.9 Å². The number of carboxylic acid groups (broad SMARTS) is 1. The summed E-state index contributed by atoms with van der Waals surface area (Å²) in [5.74, 6) is -1.71. The average Bonchev–Trinajstić information content (AvgIpc) is 2.36. The van der Waals surface area contributed by atoms with Gasteiger partial charge in [-0.1, -0.05) is 12.1 Å². The molecule has 3 amide bonds. The Morgan fingerprint density at radius 1 is 1.30 bits per heavy atom. The van der Waals surface area contributed by atoms with Crippen molar-refractivity contribution in [2.24, 2.45) is 0 Å². The molecule has 0 saturated carbocycles. The number of hydrogen-bond donors (Lipinski definition) is 4. The first-order chi connectivity index (χ1) is 9.38. The number of anilines is 1. The summed E-state index contributed by atoms with van der Waals surface area (Å²) in [7, 11) is 0. The average molecular weight is 279 g/mol. The summed E-state index contributed by atoms with van der Waals surface area (Å²) in [6.45, 7) is 2.94. The lowest BCUT2D eigenvalue weighted by Crippen LogP contribution is -2.44. The molecule has 0 spiro atoms. The molecule has 0 saturated heterocycles. The third kappa shape index (κ3) is 5.38. The summed E-state index contributed by atoms with van der Waals surface area (Å²) in [5, 5.41) is 15.7. The van der Waals surface area contributed by atoms with Gasteiger partial charge in [0.15, 0.2) is 0 Å². The van der Waals surface area contributed by atoms with Crippen LogP contribution in [0.25, 0.3) is 0 Å². The molecule has 20 heavy (non-hydrogen) atoms. The maximum absolute atomic E-state index is 11.5. The summed E-state index contributed by atoms with van der Waals surface area (Å²) in [6, 6.07) is 5.67. The molecule has 0 aromatic heterocycles. The molecule has 1 unspecified atom stereocenters. The predicted octanol–water partition coefficient (Wildman–Crippen LogP) is 0.706. The zero-order valence-electron chi connectivity index (χ0n) is 11.3. The van der Waals surface area contributed by atoms with Crippen molar-refractivity contribution in [3.05, 3.63) is 29.8 Å². The number of rotatable bonds is 5. The fourth-order valence-corrected chi connectivity index (χ4v) is 1.41. The highest BCUT2D eigenvalue weighted by Gasteiger charge is 2.14. The van der Waals surface area contributed by atoms with Crippen molar-refractivity contribution >= 4 is 23.6 Å². The molecular weight excluding hydrogens is 262 g/mol. The fraction of sp³-hybridized carbons (Fsp3) is 0.308. The fourth-order valence-electron chi connectivity index (χ4n) is 1.41. The molecule has 0 aliphatic carbocycles. The SMILES string of the molecule is Cc1cccc(NC(=O)NCC(=O)NC(C)C(=O)O)c1. The van der Waals surface area contributed by atoms with Crippen LogP contribution >= 0.6 is 0 Å². The van der Waals surface area contributed by atoms with Crippen molar-refractivity contribution in [1.82, 2.24) is 10.6 Å². The van der Waals surface area contributed by atoms with Crippen LogP contribution in [0.3, 0.4) is 0 Å². The minimum Gasteiger partial charge on any atom is -0.480 e. The van der Waals surface area contributed by atoms with Gasteiger partial charge in [-0.05, 0) is 31.5 Å². The van der Waals surface area contributed by atoms with Crippen LogP contribution in [0.5, 0.6) is 0 Å². The molecular formula is C13H17N3O4. The number of aliphatic carboxylic acids is 1. The first kappa shape index (κ1) is 15.5. The van der Waals surface area contributed by atoms with E-state index in [4.69, 9.17) is 5.11 Å².